The summed E-state index contributed by atoms with van der Waals surface area (Å²) >= 11 is 1.35. The number of anilines is 2. The van der Waals surface area contributed by atoms with Gasteiger partial charge in [-0.3, -0.25) is 0 Å². The van der Waals surface area contributed by atoms with Crippen LogP contribution in [0, 0.1) is 0 Å². The molecule has 0 amide bonds. The molecule has 0 aliphatic heterocycles. The van der Waals surface area contributed by atoms with Crippen LogP contribution in [0.1, 0.15) is 12.5 Å². The fraction of sp³-hybridized carbons (Fsp3) is 0.385. The van der Waals surface area contributed by atoms with Crippen LogP contribution in [0.3, 0.4) is 0 Å². The molecule has 0 aliphatic carbocycles. The number of nitrogens with two attached hydrogens (primary N) is 1. The van der Waals surface area contributed by atoms with Gasteiger partial charge in [-0.05, 0) is 13.0 Å². The first-order valence-corrected chi connectivity index (χ1v) is 7.06. The number of para-hydroxylation sites is 1. The average molecular weight is 294 g/mol. The maximum atomic E-state index is 5.69. The van der Waals surface area contributed by atoms with Gasteiger partial charge in [-0.2, -0.15) is 0 Å². The number of hydrogen-bond donors (Lipinski definition) is 1. The van der Waals surface area contributed by atoms with Crippen molar-refractivity contribution in [3.63, 3.8) is 0 Å². The Morgan fingerprint density at radius 1 is 1.35 bits per heavy atom. The van der Waals surface area contributed by atoms with Crippen molar-refractivity contribution < 1.29 is 9.47 Å². The van der Waals surface area contributed by atoms with E-state index in [0.717, 1.165) is 22.2 Å². The molecule has 0 fully saturated rings. The number of ether oxygens (including phenoxy) is 2. The van der Waals surface area contributed by atoms with E-state index >= 15 is 0 Å². The molecule has 0 unspecified atom stereocenters. The van der Waals surface area contributed by atoms with Crippen LogP contribution in [0.25, 0.3) is 0 Å². The van der Waals surface area contributed by atoms with E-state index in [-0.39, 0.29) is 0 Å². The fourth-order valence-electron chi connectivity index (χ4n) is 1.86. The molecule has 1 aromatic heterocycles. The minimum absolute atomic E-state index is 0.461. The molecule has 2 rings (SSSR count). The maximum absolute atomic E-state index is 5.69. The smallest absolute Gasteiger partial charge is 0.210 e. The molecule has 0 atom stereocenters. The number of nitrogen functional groups attached to an aromatic ring is 1. The van der Waals surface area contributed by atoms with Crippen molar-refractivity contribution in [1.29, 1.82) is 0 Å². The molecule has 20 heavy (non-hydrogen) atoms. The standard InChI is InChI=1S/C13H18N4O2S/c1-4-19-11-9(6-5-7-10(11)18-3)8-17(2)13-16-15-12(14)20-13/h5-7H,4,8H2,1-3H3,(H2,14,15). The fourth-order valence-corrected chi connectivity index (χ4v) is 2.43. The first-order chi connectivity index (χ1) is 9.65. The van der Waals surface area contributed by atoms with Gasteiger partial charge in [0.1, 0.15) is 0 Å². The van der Waals surface area contributed by atoms with Crippen molar-refractivity contribution >= 4 is 21.6 Å². The number of benzene rings is 1. The molecule has 108 valence electrons. The molecule has 2 aromatic rings. The van der Waals surface area contributed by atoms with Gasteiger partial charge in [0.25, 0.3) is 0 Å². The summed E-state index contributed by atoms with van der Waals surface area (Å²) in [5.41, 5.74) is 6.64. The van der Waals surface area contributed by atoms with Crippen LogP contribution < -0.4 is 20.1 Å². The van der Waals surface area contributed by atoms with Crippen LogP contribution in [-0.2, 0) is 6.54 Å². The van der Waals surface area contributed by atoms with Crippen LogP contribution in [0.5, 0.6) is 11.5 Å². The minimum atomic E-state index is 0.461. The SMILES string of the molecule is CCOc1c(CN(C)c2nnc(N)s2)cccc1OC. The molecule has 2 N–H and O–H groups in total. The number of nitrogens with zero attached hydrogens (tertiary/aromatic N) is 3. The first-order valence-electron chi connectivity index (χ1n) is 6.24. The van der Waals surface area contributed by atoms with Crippen molar-refractivity contribution in [1.82, 2.24) is 10.2 Å². The highest BCUT2D eigenvalue weighted by atomic mass is 32.1. The first kappa shape index (κ1) is 14.4. The van der Waals surface area contributed by atoms with E-state index in [0.29, 0.717) is 18.3 Å². The van der Waals surface area contributed by atoms with Crippen molar-refractivity contribution in [2.24, 2.45) is 0 Å². The predicted molar refractivity (Wildman–Crippen MR) is 80.6 cm³/mol. The summed E-state index contributed by atoms with van der Waals surface area (Å²) in [7, 11) is 3.58. The monoisotopic (exact) mass is 294 g/mol. The highest BCUT2D eigenvalue weighted by Crippen LogP contribution is 2.33. The second-order valence-corrected chi connectivity index (χ2v) is 5.15. The zero-order valence-electron chi connectivity index (χ0n) is 11.8. The quantitative estimate of drug-likeness (QED) is 0.880. The summed E-state index contributed by atoms with van der Waals surface area (Å²) in [6.07, 6.45) is 0. The zero-order valence-corrected chi connectivity index (χ0v) is 12.6. The molecule has 1 heterocycles. The molecule has 0 bridgehead atoms. The molecule has 0 saturated heterocycles. The number of aromatic nitrogens is 2. The van der Waals surface area contributed by atoms with Crippen molar-refractivity contribution in [2.45, 2.75) is 13.5 Å². The summed E-state index contributed by atoms with van der Waals surface area (Å²) in [6.45, 7) is 3.18. The Morgan fingerprint density at radius 2 is 2.15 bits per heavy atom. The van der Waals surface area contributed by atoms with Gasteiger partial charge in [0.15, 0.2) is 11.5 Å². The second-order valence-electron chi connectivity index (χ2n) is 4.16. The lowest BCUT2D eigenvalue weighted by Gasteiger charge is -2.19. The van der Waals surface area contributed by atoms with E-state index in [1.165, 1.54) is 11.3 Å². The van der Waals surface area contributed by atoms with E-state index in [2.05, 4.69) is 10.2 Å². The second kappa shape index (κ2) is 6.42. The molecular weight excluding hydrogens is 276 g/mol. The van der Waals surface area contributed by atoms with E-state index in [4.69, 9.17) is 15.2 Å². The van der Waals surface area contributed by atoms with E-state index in [9.17, 15) is 0 Å². The summed E-state index contributed by atoms with van der Waals surface area (Å²) in [6, 6.07) is 5.84. The van der Waals surface area contributed by atoms with Crippen molar-refractivity contribution in [3.05, 3.63) is 23.8 Å². The number of rotatable bonds is 6. The van der Waals surface area contributed by atoms with Gasteiger partial charge >= 0.3 is 0 Å². The summed E-state index contributed by atoms with van der Waals surface area (Å²) in [5.74, 6) is 1.50. The van der Waals surface area contributed by atoms with E-state index in [1.807, 2.05) is 37.1 Å². The maximum Gasteiger partial charge on any atom is 0.210 e. The Balaban J connectivity index is 2.24. The average Bonchev–Trinajstić information content (AvgIpc) is 2.87. The molecule has 0 spiro atoms. The van der Waals surface area contributed by atoms with Gasteiger partial charge < -0.3 is 20.1 Å². The predicted octanol–water partition coefficient (Wildman–Crippen LogP) is 2.16. The molecule has 0 saturated carbocycles. The Labute approximate surface area is 122 Å². The molecule has 7 heteroatoms. The van der Waals surface area contributed by atoms with Gasteiger partial charge in [0.2, 0.25) is 10.3 Å². The van der Waals surface area contributed by atoms with Crippen LogP contribution in [0.2, 0.25) is 0 Å². The van der Waals surface area contributed by atoms with Gasteiger partial charge in [-0.15, -0.1) is 10.2 Å². The van der Waals surface area contributed by atoms with E-state index in [1.54, 1.807) is 7.11 Å². The highest BCUT2D eigenvalue weighted by molar-refractivity contribution is 7.18. The Bertz CT molecular complexity index is 573. The third-order valence-electron chi connectivity index (χ3n) is 2.73. The molecule has 1 aromatic carbocycles. The van der Waals surface area contributed by atoms with Crippen molar-refractivity contribution in [2.75, 3.05) is 31.4 Å². The Kier molecular flexibility index (Phi) is 4.62. The van der Waals surface area contributed by atoms with Crippen LogP contribution >= 0.6 is 11.3 Å². The van der Waals surface area contributed by atoms with Crippen LogP contribution in [0.4, 0.5) is 10.3 Å². The van der Waals surface area contributed by atoms with Crippen LogP contribution in [-0.4, -0.2) is 31.0 Å². The molecular formula is C13H18N4O2S. The summed E-state index contributed by atoms with van der Waals surface area (Å²) in [5, 5.41) is 9.08. The molecule has 0 radical (unpaired) electrons. The van der Waals surface area contributed by atoms with E-state index < -0.39 is 0 Å². The van der Waals surface area contributed by atoms with Gasteiger partial charge in [-0.25, -0.2) is 0 Å². The lowest BCUT2D eigenvalue weighted by atomic mass is 10.1. The van der Waals surface area contributed by atoms with Gasteiger partial charge in [0.05, 0.1) is 13.7 Å². The van der Waals surface area contributed by atoms with Crippen LogP contribution in [0.15, 0.2) is 18.2 Å². The van der Waals surface area contributed by atoms with Crippen molar-refractivity contribution in [3.8, 4) is 11.5 Å². The summed E-state index contributed by atoms with van der Waals surface area (Å²) < 4.78 is 11.0. The largest absolute Gasteiger partial charge is 0.493 e. The lowest BCUT2D eigenvalue weighted by Crippen LogP contribution is -2.17. The Morgan fingerprint density at radius 3 is 2.75 bits per heavy atom. The molecule has 6 nitrogen and oxygen atoms in total. The number of hydrogen-bond acceptors (Lipinski definition) is 7. The third-order valence-corrected chi connectivity index (χ3v) is 3.60. The lowest BCUT2D eigenvalue weighted by molar-refractivity contribution is 0.307. The third kappa shape index (κ3) is 3.11. The number of methoxy groups -OCH3 is 1. The zero-order chi connectivity index (χ0) is 14.5. The van der Waals surface area contributed by atoms with Gasteiger partial charge in [0, 0.05) is 19.2 Å². The molecule has 0 aliphatic rings. The van der Waals surface area contributed by atoms with Gasteiger partial charge in [-0.1, -0.05) is 23.5 Å². The normalized spacial score (nSPS) is 10.3. The topological polar surface area (TPSA) is 73.5 Å². The summed E-state index contributed by atoms with van der Waals surface area (Å²) in [4.78, 5) is 1.98. The minimum Gasteiger partial charge on any atom is -0.493 e. The Hall–Kier alpha value is -2.02. The highest BCUT2D eigenvalue weighted by Gasteiger charge is 2.14.